The molecule has 1 aromatic carbocycles. The first-order chi connectivity index (χ1) is 9.66. The lowest BCUT2D eigenvalue weighted by Gasteiger charge is -2.30. The maximum Gasteiger partial charge on any atom is 0.255 e. The van der Waals surface area contributed by atoms with Crippen LogP contribution in [-0.2, 0) is 0 Å². The second-order valence-electron chi connectivity index (χ2n) is 5.54. The van der Waals surface area contributed by atoms with Crippen molar-refractivity contribution in [3.05, 3.63) is 32.7 Å². The Kier molecular flexibility index (Phi) is 4.48. The first-order valence-electron chi connectivity index (χ1n) is 7.16. The van der Waals surface area contributed by atoms with Crippen molar-refractivity contribution >= 4 is 37.8 Å². The van der Waals surface area contributed by atoms with Crippen LogP contribution in [0.3, 0.4) is 0 Å². The first kappa shape index (κ1) is 14.5. The van der Waals surface area contributed by atoms with Crippen LogP contribution < -0.4 is 5.32 Å². The van der Waals surface area contributed by atoms with E-state index in [1.54, 1.807) is 0 Å². The van der Waals surface area contributed by atoms with Crippen molar-refractivity contribution in [1.29, 1.82) is 0 Å². The average molecular weight is 402 g/mol. The summed E-state index contributed by atoms with van der Waals surface area (Å²) in [5.74, 6) is 0.148. The summed E-state index contributed by atoms with van der Waals surface area (Å²) >= 11 is 6.95. The fourth-order valence-corrected chi connectivity index (χ4v) is 4.10. The minimum Gasteiger partial charge on any atom is -0.334 e. The van der Waals surface area contributed by atoms with E-state index < -0.39 is 0 Å². The van der Waals surface area contributed by atoms with E-state index >= 15 is 0 Å². The summed E-state index contributed by atoms with van der Waals surface area (Å²) in [6.45, 7) is 1.96. The summed E-state index contributed by atoms with van der Waals surface area (Å²) in [7, 11) is 0. The minimum absolute atomic E-state index is 0.148. The predicted molar refractivity (Wildman–Crippen MR) is 86.9 cm³/mol. The number of rotatable bonds is 2. The maximum absolute atomic E-state index is 12.8. The molecular weight excluding hydrogens is 384 g/mol. The van der Waals surface area contributed by atoms with Crippen LogP contribution in [-0.4, -0.2) is 36.0 Å². The van der Waals surface area contributed by atoms with E-state index in [-0.39, 0.29) is 5.91 Å². The van der Waals surface area contributed by atoms with E-state index in [0.717, 1.165) is 40.4 Å². The molecule has 1 amide bonds. The molecule has 1 N–H and O–H groups in total. The molecular formula is C15H18Br2N2O. The smallest absolute Gasteiger partial charge is 0.255 e. The molecule has 2 saturated heterocycles. The Hall–Kier alpha value is -0.390. The molecule has 0 spiro atoms. The number of hydrogen-bond donors (Lipinski definition) is 1. The fourth-order valence-electron chi connectivity index (χ4n) is 3.32. The molecule has 108 valence electrons. The largest absolute Gasteiger partial charge is 0.334 e. The normalized spacial score (nSPS) is 26.2. The number of nitrogens with one attached hydrogen (secondary N) is 1. The zero-order valence-corrected chi connectivity index (χ0v) is 14.4. The molecule has 2 unspecified atom stereocenters. The predicted octanol–water partition coefficient (Wildman–Crippen LogP) is 3.57. The third-order valence-electron chi connectivity index (χ3n) is 4.28. The third kappa shape index (κ3) is 2.81. The topological polar surface area (TPSA) is 32.3 Å². The molecule has 5 heteroatoms. The number of amides is 1. The Balaban J connectivity index is 1.83. The van der Waals surface area contributed by atoms with E-state index in [9.17, 15) is 4.79 Å². The molecule has 3 nitrogen and oxygen atoms in total. The number of nitrogens with zero attached hydrogens (tertiary/aromatic N) is 1. The SMILES string of the molecule is O=C(c1cc(Br)ccc1Br)N1CCCC1C1CCCN1. The lowest BCUT2D eigenvalue weighted by atomic mass is 10.0. The van der Waals surface area contributed by atoms with Crippen molar-refractivity contribution in [2.45, 2.75) is 37.8 Å². The summed E-state index contributed by atoms with van der Waals surface area (Å²) in [6.07, 6.45) is 4.65. The van der Waals surface area contributed by atoms with Crippen LogP contribution in [0, 0.1) is 0 Å². The molecule has 2 aliphatic heterocycles. The van der Waals surface area contributed by atoms with Gasteiger partial charge in [-0.05, 0) is 66.4 Å². The Bertz CT molecular complexity index is 515. The molecule has 0 aromatic heterocycles. The van der Waals surface area contributed by atoms with Gasteiger partial charge in [0.05, 0.1) is 5.56 Å². The van der Waals surface area contributed by atoms with Gasteiger partial charge in [-0.25, -0.2) is 0 Å². The molecule has 0 saturated carbocycles. The molecule has 3 rings (SSSR count). The van der Waals surface area contributed by atoms with Crippen LogP contribution in [0.2, 0.25) is 0 Å². The molecule has 2 fully saturated rings. The van der Waals surface area contributed by atoms with Crippen LogP contribution in [0.15, 0.2) is 27.1 Å². The van der Waals surface area contributed by atoms with Gasteiger partial charge in [-0.1, -0.05) is 15.9 Å². The molecule has 2 atom stereocenters. The van der Waals surface area contributed by atoms with Crippen molar-refractivity contribution in [3.8, 4) is 0 Å². The Morgan fingerprint density at radius 3 is 2.85 bits per heavy atom. The van der Waals surface area contributed by atoms with E-state index in [2.05, 4.69) is 42.1 Å². The highest BCUT2D eigenvalue weighted by Gasteiger charge is 2.36. The van der Waals surface area contributed by atoms with Crippen LogP contribution in [0.25, 0.3) is 0 Å². The third-order valence-corrected chi connectivity index (χ3v) is 5.47. The number of benzene rings is 1. The number of likely N-dealkylation sites (tertiary alicyclic amines) is 1. The summed E-state index contributed by atoms with van der Waals surface area (Å²) in [5.41, 5.74) is 0.754. The van der Waals surface area contributed by atoms with Gasteiger partial charge in [0, 0.05) is 27.6 Å². The monoisotopic (exact) mass is 400 g/mol. The average Bonchev–Trinajstić information content (AvgIpc) is 3.10. The quantitative estimate of drug-likeness (QED) is 0.821. The summed E-state index contributed by atoms with van der Waals surface area (Å²) < 4.78 is 1.81. The number of halogens is 2. The summed E-state index contributed by atoms with van der Waals surface area (Å²) in [6, 6.07) is 6.62. The first-order valence-corrected chi connectivity index (χ1v) is 8.75. The van der Waals surface area contributed by atoms with Crippen LogP contribution in [0.5, 0.6) is 0 Å². The van der Waals surface area contributed by atoms with Crippen molar-refractivity contribution in [2.75, 3.05) is 13.1 Å². The Morgan fingerprint density at radius 1 is 1.25 bits per heavy atom. The summed E-state index contributed by atoms with van der Waals surface area (Å²) in [5, 5.41) is 3.55. The highest BCUT2D eigenvalue weighted by atomic mass is 79.9. The van der Waals surface area contributed by atoms with E-state index in [1.165, 1.54) is 12.8 Å². The van der Waals surface area contributed by atoms with Crippen LogP contribution in [0.4, 0.5) is 0 Å². The molecule has 1 aromatic rings. The van der Waals surface area contributed by atoms with Crippen LogP contribution in [0.1, 0.15) is 36.0 Å². The Labute approximate surface area is 136 Å². The number of hydrogen-bond acceptors (Lipinski definition) is 2. The van der Waals surface area contributed by atoms with E-state index in [1.807, 2.05) is 18.2 Å². The van der Waals surface area contributed by atoms with Gasteiger partial charge in [0.15, 0.2) is 0 Å². The van der Waals surface area contributed by atoms with Gasteiger partial charge < -0.3 is 10.2 Å². The molecule has 0 radical (unpaired) electrons. The molecule has 0 aliphatic carbocycles. The van der Waals surface area contributed by atoms with Gasteiger partial charge in [-0.2, -0.15) is 0 Å². The summed E-state index contributed by atoms with van der Waals surface area (Å²) in [4.78, 5) is 14.9. The zero-order chi connectivity index (χ0) is 14.1. The van der Waals surface area contributed by atoms with Gasteiger partial charge >= 0.3 is 0 Å². The minimum atomic E-state index is 0.148. The number of carbonyl (C=O) groups is 1. The molecule has 20 heavy (non-hydrogen) atoms. The lowest BCUT2D eigenvalue weighted by molar-refractivity contribution is 0.0710. The van der Waals surface area contributed by atoms with Crippen molar-refractivity contribution < 1.29 is 4.79 Å². The maximum atomic E-state index is 12.8. The lowest BCUT2D eigenvalue weighted by Crippen LogP contribution is -2.46. The van der Waals surface area contributed by atoms with Crippen molar-refractivity contribution in [2.24, 2.45) is 0 Å². The van der Waals surface area contributed by atoms with E-state index in [0.29, 0.717) is 12.1 Å². The second kappa shape index (κ2) is 6.16. The number of carbonyl (C=O) groups excluding carboxylic acids is 1. The van der Waals surface area contributed by atoms with Gasteiger partial charge in [-0.3, -0.25) is 4.79 Å². The van der Waals surface area contributed by atoms with E-state index in [4.69, 9.17) is 0 Å². The van der Waals surface area contributed by atoms with Crippen molar-refractivity contribution in [1.82, 2.24) is 10.2 Å². The fraction of sp³-hybridized carbons (Fsp3) is 0.533. The molecule has 0 bridgehead atoms. The molecule has 2 aliphatic rings. The standard InChI is InChI=1S/C15H18Br2N2O/c16-10-5-6-12(17)11(9-10)15(20)19-8-2-4-14(19)13-3-1-7-18-13/h5-6,9,13-14,18H,1-4,7-8H2. The second-order valence-corrected chi connectivity index (χ2v) is 7.31. The van der Waals surface area contributed by atoms with Crippen molar-refractivity contribution in [3.63, 3.8) is 0 Å². The molecule has 2 heterocycles. The van der Waals surface area contributed by atoms with Gasteiger partial charge in [-0.15, -0.1) is 0 Å². The van der Waals surface area contributed by atoms with Gasteiger partial charge in [0.25, 0.3) is 5.91 Å². The highest BCUT2D eigenvalue weighted by Crippen LogP contribution is 2.29. The zero-order valence-electron chi connectivity index (χ0n) is 11.2. The van der Waals surface area contributed by atoms with Crippen LogP contribution >= 0.6 is 31.9 Å². The Morgan fingerprint density at radius 2 is 2.10 bits per heavy atom. The van der Waals surface area contributed by atoms with Gasteiger partial charge in [0.1, 0.15) is 0 Å². The van der Waals surface area contributed by atoms with Gasteiger partial charge in [0.2, 0.25) is 0 Å². The highest BCUT2D eigenvalue weighted by molar-refractivity contribution is 9.11.